The molecule has 0 radical (unpaired) electrons. The van der Waals surface area contributed by atoms with Gasteiger partial charge >= 0.3 is 0 Å². The second-order valence-electron chi connectivity index (χ2n) is 6.39. The van der Waals surface area contributed by atoms with Crippen LogP contribution in [0, 0.1) is 5.92 Å². The topological polar surface area (TPSA) is 41.3 Å². The van der Waals surface area contributed by atoms with Crippen LogP contribution in [-0.4, -0.2) is 30.1 Å². The lowest BCUT2D eigenvalue weighted by molar-refractivity contribution is 0.112. The van der Waals surface area contributed by atoms with Gasteiger partial charge in [0.2, 0.25) is 0 Å². The highest BCUT2D eigenvalue weighted by atomic mass is 35.5. The van der Waals surface area contributed by atoms with Crippen LogP contribution < -0.4 is 11.3 Å². The minimum atomic E-state index is 0.368. The van der Waals surface area contributed by atoms with E-state index in [-0.39, 0.29) is 0 Å². The van der Waals surface area contributed by atoms with E-state index in [9.17, 15) is 0 Å². The maximum atomic E-state index is 5.95. The number of fused-ring (bicyclic) bond motifs is 2. The molecule has 3 atom stereocenters. The Morgan fingerprint density at radius 3 is 2.40 bits per heavy atom. The lowest BCUT2D eigenvalue weighted by atomic mass is 9.83. The van der Waals surface area contributed by atoms with Gasteiger partial charge in [0.15, 0.2) is 0 Å². The minimum Gasteiger partial charge on any atom is -0.300 e. The van der Waals surface area contributed by atoms with Crippen molar-refractivity contribution in [2.75, 3.05) is 7.05 Å². The summed E-state index contributed by atoms with van der Waals surface area (Å²) in [6, 6.07) is 10.0. The molecule has 2 aliphatic heterocycles. The number of hydrogen-bond acceptors (Lipinski definition) is 3. The fraction of sp³-hybridized carbons (Fsp3) is 0.625. The number of nitrogens with one attached hydrogen (secondary N) is 1. The van der Waals surface area contributed by atoms with Crippen molar-refractivity contribution in [2.45, 2.75) is 50.2 Å². The van der Waals surface area contributed by atoms with Crippen molar-refractivity contribution in [3.8, 4) is 0 Å². The molecule has 3 N–H and O–H groups in total. The molecule has 3 nitrogen and oxygen atoms in total. The Balaban J connectivity index is 1.66. The first-order chi connectivity index (χ1) is 9.67. The molecular weight excluding hydrogens is 270 g/mol. The van der Waals surface area contributed by atoms with Crippen LogP contribution in [0.4, 0.5) is 0 Å². The van der Waals surface area contributed by atoms with Gasteiger partial charge in [0.25, 0.3) is 0 Å². The summed E-state index contributed by atoms with van der Waals surface area (Å²) in [5.74, 6) is 6.52. The normalized spacial score (nSPS) is 31.4. The molecule has 1 aromatic carbocycles. The monoisotopic (exact) mass is 293 g/mol. The van der Waals surface area contributed by atoms with Gasteiger partial charge in [-0.15, -0.1) is 0 Å². The van der Waals surface area contributed by atoms with Gasteiger partial charge in [-0.25, -0.2) is 0 Å². The van der Waals surface area contributed by atoms with Gasteiger partial charge in [-0.3, -0.25) is 11.3 Å². The molecule has 2 saturated heterocycles. The van der Waals surface area contributed by atoms with Gasteiger partial charge in [-0.05, 0) is 62.8 Å². The SMILES string of the molecule is CN1C2CCC1CC(C(Cc1ccc(Cl)cc1)NN)C2. The molecule has 20 heavy (non-hydrogen) atoms. The number of rotatable bonds is 4. The maximum absolute atomic E-state index is 5.95. The summed E-state index contributed by atoms with van der Waals surface area (Å²) in [7, 11) is 2.28. The number of benzene rings is 1. The molecule has 0 amide bonds. The van der Waals surface area contributed by atoms with E-state index in [1.807, 2.05) is 12.1 Å². The highest BCUT2D eigenvalue weighted by Gasteiger charge is 2.40. The molecule has 0 saturated carbocycles. The van der Waals surface area contributed by atoms with Crippen LogP contribution in [0.1, 0.15) is 31.2 Å². The van der Waals surface area contributed by atoms with Crippen LogP contribution in [0.3, 0.4) is 0 Å². The Morgan fingerprint density at radius 2 is 1.85 bits per heavy atom. The van der Waals surface area contributed by atoms with E-state index in [2.05, 4.69) is 29.5 Å². The molecule has 0 aromatic heterocycles. The Hall–Kier alpha value is -0.610. The van der Waals surface area contributed by atoms with E-state index in [1.54, 1.807) is 0 Å². The van der Waals surface area contributed by atoms with Gasteiger partial charge in [0.1, 0.15) is 0 Å². The highest BCUT2D eigenvalue weighted by molar-refractivity contribution is 6.30. The van der Waals surface area contributed by atoms with Crippen molar-refractivity contribution in [1.29, 1.82) is 0 Å². The molecular formula is C16H24ClN3. The zero-order chi connectivity index (χ0) is 14.1. The smallest absolute Gasteiger partial charge is 0.0406 e. The van der Waals surface area contributed by atoms with Crippen LogP contribution in [0.25, 0.3) is 0 Å². The Bertz CT molecular complexity index is 434. The second kappa shape index (κ2) is 6.02. The van der Waals surface area contributed by atoms with Crippen LogP contribution >= 0.6 is 11.6 Å². The van der Waals surface area contributed by atoms with Gasteiger partial charge in [-0.2, -0.15) is 0 Å². The third kappa shape index (κ3) is 2.86. The first-order valence-electron chi connectivity index (χ1n) is 7.60. The molecule has 2 aliphatic rings. The standard InChI is InChI=1S/C16H24ClN3/c1-20-14-6-7-15(20)10-12(9-14)16(19-18)8-11-2-4-13(17)5-3-11/h2-5,12,14-16,19H,6-10,18H2,1H3. The molecule has 1 aromatic rings. The van der Waals surface area contributed by atoms with Crippen LogP contribution in [0.5, 0.6) is 0 Å². The van der Waals surface area contributed by atoms with E-state index < -0.39 is 0 Å². The van der Waals surface area contributed by atoms with Crippen molar-refractivity contribution in [2.24, 2.45) is 11.8 Å². The number of nitrogens with two attached hydrogens (primary N) is 1. The summed E-state index contributed by atoms with van der Waals surface area (Å²) in [4.78, 5) is 2.58. The van der Waals surface area contributed by atoms with Crippen molar-refractivity contribution in [1.82, 2.24) is 10.3 Å². The molecule has 0 aliphatic carbocycles. The lowest BCUT2D eigenvalue weighted by Crippen LogP contribution is -2.49. The predicted molar refractivity (Wildman–Crippen MR) is 83.6 cm³/mol. The molecule has 4 heteroatoms. The average molecular weight is 294 g/mol. The van der Waals surface area contributed by atoms with Crippen LogP contribution in [0.15, 0.2) is 24.3 Å². The van der Waals surface area contributed by atoms with Crippen molar-refractivity contribution in [3.63, 3.8) is 0 Å². The van der Waals surface area contributed by atoms with Crippen LogP contribution in [-0.2, 0) is 6.42 Å². The van der Waals surface area contributed by atoms with Crippen molar-refractivity contribution < 1.29 is 0 Å². The quantitative estimate of drug-likeness (QED) is 0.662. The summed E-state index contributed by atoms with van der Waals surface area (Å²) in [6.07, 6.45) is 6.25. The average Bonchev–Trinajstić information content (AvgIpc) is 2.67. The molecule has 110 valence electrons. The maximum Gasteiger partial charge on any atom is 0.0406 e. The summed E-state index contributed by atoms with van der Waals surface area (Å²) in [5, 5.41) is 0.795. The van der Waals surface area contributed by atoms with Crippen LogP contribution in [0.2, 0.25) is 5.02 Å². The second-order valence-corrected chi connectivity index (χ2v) is 6.82. The largest absolute Gasteiger partial charge is 0.300 e. The highest BCUT2D eigenvalue weighted by Crippen LogP contribution is 2.39. The third-order valence-electron chi connectivity index (χ3n) is 5.29. The van der Waals surface area contributed by atoms with E-state index in [1.165, 1.54) is 31.2 Å². The molecule has 2 bridgehead atoms. The fourth-order valence-corrected chi connectivity index (χ4v) is 4.14. The van der Waals surface area contributed by atoms with Crippen molar-refractivity contribution >= 4 is 11.6 Å². The number of halogens is 1. The third-order valence-corrected chi connectivity index (χ3v) is 5.54. The first-order valence-corrected chi connectivity index (χ1v) is 7.97. The molecule has 0 spiro atoms. The first kappa shape index (κ1) is 14.3. The molecule has 2 fully saturated rings. The Morgan fingerprint density at radius 1 is 1.25 bits per heavy atom. The number of nitrogens with zero attached hydrogens (tertiary/aromatic N) is 1. The van der Waals surface area contributed by atoms with Gasteiger partial charge < -0.3 is 4.90 Å². The predicted octanol–water partition coefficient (Wildman–Crippen LogP) is 2.59. The summed E-state index contributed by atoms with van der Waals surface area (Å²) >= 11 is 5.95. The lowest BCUT2D eigenvalue weighted by Gasteiger charge is -2.39. The summed E-state index contributed by atoms with van der Waals surface area (Å²) in [5.41, 5.74) is 4.38. The Kier molecular flexibility index (Phi) is 4.32. The van der Waals surface area contributed by atoms with E-state index in [4.69, 9.17) is 17.4 Å². The van der Waals surface area contributed by atoms with E-state index in [0.29, 0.717) is 12.0 Å². The zero-order valence-corrected chi connectivity index (χ0v) is 12.8. The number of piperidine rings is 1. The fourth-order valence-electron chi connectivity index (χ4n) is 4.02. The number of hydrazine groups is 1. The number of hydrogen-bond donors (Lipinski definition) is 2. The summed E-state index contributed by atoms with van der Waals surface area (Å²) in [6.45, 7) is 0. The minimum absolute atomic E-state index is 0.368. The van der Waals surface area contributed by atoms with Gasteiger partial charge in [-0.1, -0.05) is 23.7 Å². The molecule has 2 heterocycles. The van der Waals surface area contributed by atoms with Crippen molar-refractivity contribution in [3.05, 3.63) is 34.9 Å². The van der Waals surface area contributed by atoms with E-state index in [0.717, 1.165) is 23.5 Å². The Labute approximate surface area is 126 Å². The molecule has 3 rings (SSSR count). The zero-order valence-electron chi connectivity index (χ0n) is 12.1. The summed E-state index contributed by atoms with van der Waals surface area (Å²) < 4.78 is 0. The van der Waals surface area contributed by atoms with Gasteiger partial charge in [0, 0.05) is 23.1 Å². The molecule has 3 unspecified atom stereocenters. The van der Waals surface area contributed by atoms with Gasteiger partial charge in [0.05, 0.1) is 0 Å². The van der Waals surface area contributed by atoms with E-state index >= 15 is 0 Å².